The van der Waals surface area contributed by atoms with Crippen LogP contribution >= 0.6 is 12.6 Å². The largest absolute Gasteiger partial charge is 0.496 e. The van der Waals surface area contributed by atoms with Crippen LogP contribution in [-0.4, -0.2) is 20.1 Å². The number of nitrogen functional groups attached to an aromatic ring is 1. The zero-order valence-corrected chi connectivity index (χ0v) is 8.97. The summed E-state index contributed by atoms with van der Waals surface area (Å²) in [6.45, 7) is 0. The van der Waals surface area contributed by atoms with E-state index in [4.69, 9.17) is 15.0 Å². The molecule has 0 saturated carbocycles. The molecule has 0 saturated heterocycles. The number of thiol groups is 1. The Morgan fingerprint density at radius 1 is 1.50 bits per heavy atom. The minimum absolute atomic E-state index is 0.0813. The molecule has 0 unspecified atom stereocenters. The predicted octanol–water partition coefficient (Wildman–Crippen LogP) is 0.813. The van der Waals surface area contributed by atoms with Gasteiger partial charge >= 0.3 is 0 Å². The van der Waals surface area contributed by atoms with E-state index < -0.39 is 10.1 Å². The van der Waals surface area contributed by atoms with Crippen LogP contribution in [0.1, 0.15) is 0 Å². The van der Waals surface area contributed by atoms with E-state index in [9.17, 15) is 8.42 Å². The molecule has 1 aromatic carbocycles. The van der Waals surface area contributed by atoms with Gasteiger partial charge in [0.15, 0.2) is 0 Å². The van der Waals surface area contributed by atoms with E-state index >= 15 is 0 Å². The molecule has 78 valence electrons. The summed E-state index contributed by atoms with van der Waals surface area (Å²) in [4.78, 5) is -0.0855. The topological polar surface area (TPSA) is 89.6 Å². The highest BCUT2D eigenvalue weighted by Crippen LogP contribution is 2.30. The van der Waals surface area contributed by atoms with Crippen LogP contribution in [0.2, 0.25) is 0 Å². The lowest BCUT2D eigenvalue weighted by molar-refractivity contribution is 0.404. The van der Waals surface area contributed by atoms with Crippen LogP contribution in [0, 0.1) is 0 Å². The highest BCUT2D eigenvalue weighted by atomic mass is 32.2. The number of hydrogen-bond acceptors (Lipinski definition) is 5. The van der Waals surface area contributed by atoms with Gasteiger partial charge in [-0.2, -0.15) is 8.42 Å². The summed E-state index contributed by atoms with van der Waals surface area (Å²) in [6.07, 6.45) is 0. The third kappa shape index (κ3) is 2.11. The summed E-state index contributed by atoms with van der Waals surface area (Å²) in [6, 6.07) is 2.41. The Labute approximate surface area is 87.0 Å². The molecule has 1 rings (SSSR count). The minimum atomic E-state index is -4.31. The van der Waals surface area contributed by atoms with Crippen molar-refractivity contribution in [2.24, 2.45) is 0 Å². The van der Waals surface area contributed by atoms with Gasteiger partial charge in [-0.05, 0) is 6.07 Å². The Hall–Kier alpha value is -0.920. The maximum atomic E-state index is 10.8. The lowest BCUT2D eigenvalue weighted by Gasteiger charge is -2.07. The Bertz CT molecular complexity index is 455. The molecule has 0 amide bonds. The van der Waals surface area contributed by atoms with E-state index in [1.807, 2.05) is 0 Å². The van der Waals surface area contributed by atoms with E-state index in [0.717, 1.165) is 6.07 Å². The number of methoxy groups -OCH3 is 1. The van der Waals surface area contributed by atoms with Crippen molar-refractivity contribution in [1.82, 2.24) is 0 Å². The Morgan fingerprint density at radius 3 is 2.50 bits per heavy atom. The van der Waals surface area contributed by atoms with Gasteiger partial charge in [-0.3, -0.25) is 4.55 Å². The smallest absolute Gasteiger partial charge is 0.296 e. The van der Waals surface area contributed by atoms with Gasteiger partial charge in [-0.1, -0.05) is 0 Å². The molecule has 0 atom stereocenters. The molecular weight excluding hydrogens is 226 g/mol. The molecule has 0 aliphatic carbocycles. The summed E-state index contributed by atoms with van der Waals surface area (Å²) in [5.74, 6) is 0.346. The number of nitrogens with two attached hydrogens (primary N) is 1. The summed E-state index contributed by atoms with van der Waals surface area (Å²) < 4.78 is 35.2. The van der Waals surface area contributed by atoms with Gasteiger partial charge in [0.05, 0.1) is 12.8 Å². The molecule has 0 aromatic heterocycles. The van der Waals surface area contributed by atoms with E-state index in [1.165, 1.54) is 13.2 Å². The molecule has 0 heterocycles. The Kier molecular flexibility index (Phi) is 2.93. The summed E-state index contributed by atoms with van der Waals surface area (Å²) in [7, 11) is -2.91. The highest BCUT2D eigenvalue weighted by molar-refractivity contribution is 7.86. The van der Waals surface area contributed by atoms with Crippen molar-refractivity contribution in [1.29, 1.82) is 0 Å². The molecule has 0 aliphatic rings. The molecule has 5 nitrogen and oxygen atoms in total. The fourth-order valence-electron chi connectivity index (χ4n) is 0.952. The van der Waals surface area contributed by atoms with Gasteiger partial charge < -0.3 is 10.5 Å². The SMILES string of the molecule is COc1cc(N)c(S(=O)(=O)O)cc1S. The maximum absolute atomic E-state index is 10.8. The molecule has 0 radical (unpaired) electrons. The first-order valence-electron chi connectivity index (χ1n) is 3.50. The summed E-state index contributed by atoms with van der Waals surface area (Å²) in [5.41, 5.74) is 5.32. The minimum Gasteiger partial charge on any atom is -0.496 e. The fraction of sp³-hybridized carbons (Fsp3) is 0.143. The van der Waals surface area contributed by atoms with Gasteiger partial charge in [0, 0.05) is 11.0 Å². The Morgan fingerprint density at radius 2 is 2.07 bits per heavy atom. The zero-order chi connectivity index (χ0) is 10.9. The highest BCUT2D eigenvalue weighted by Gasteiger charge is 2.16. The molecule has 7 heteroatoms. The second-order valence-corrected chi connectivity index (χ2v) is 4.41. The number of rotatable bonds is 2. The normalized spacial score (nSPS) is 11.4. The van der Waals surface area contributed by atoms with E-state index in [-0.39, 0.29) is 15.5 Å². The monoisotopic (exact) mass is 235 g/mol. The quantitative estimate of drug-likeness (QED) is 0.401. The average Bonchev–Trinajstić information content (AvgIpc) is 2.06. The second kappa shape index (κ2) is 3.68. The second-order valence-electron chi connectivity index (χ2n) is 2.54. The van der Waals surface area contributed by atoms with E-state index in [1.54, 1.807) is 0 Å². The predicted molar refractivity (Wildman–Crippen MR) is 54.5 cm³/mol. The van der Waals surface area contributed by atoms with Crippen molar-refractivity contribution in [3.8, 4) is 5.75 Å². The molecule has 0 aliphatic heterocycles. The van der Waals surface area contributed by atoms with Crippen molar-refractivity contribution in [3.63, 3.8) is 0 Å². The lowest BCUT2D eigenvalue weighted by Crippen LogP contribution is -2.03. The van der Waals surface area contributed by atoms with Crippen LogP contribution in [0.15, 0.2) is 21.9 Å². The first-order valence-corrected chi connectivity index (χ1v) is 5.39. The summed E-state index contributed by atoms with van der Waals surface area (Å²) in [5, 5.41) is 0. The van der Waals surface area contributed by atoms with Crippen molar-refractivity contribution < 1.29 is 17.7 Å². The van der Waals surface area contributed by atoms with Crippen molar-refractivity contribution >= 4 is 28.4 Å². The van der Waals surface area contributed by atoms with Crippen LogP contribution in [0.4, 0.5) is 5.69 Å². The van der Waals surface area contributed by atoms with Gasteiger partial charge in [0.25, 0.3) is 10.1 Å². The standard InChI is InChI=1S/C7H9NO4S2/c1-12-5-2-4(8)7(3-6(5)13)14(9,10)11/h2-3,13H,8H2,1H3,(H,9,10,11). The maximum Gasteiger partial charge on any atom is 0.296 e. The first kappa shape index (κ1) is 11.2. The molecule has 0 bridgehead atoms. The van der Waals surface area contributed by atoms with Gasteiger partial charge in [0.2, 0.25) is 0 Å². The lowest BCUT2D eigenvalue weighted by atomic mass is 10.3. The van der Waals surface area contributed by atoms with Crippen LogP contribution in [0.5, 0.6) is 5.75 Å². The summed E-state index contributed by atoms with van der Waals surface area (Å²) >= 11 is 3.97. The van der Waals surface area contributed by atoms with Crippen molar-refractivity contribution in [2.45, 2.75) is 9.79 Å². The van der Waals surface area contributed by atoms with Gasteiger partial charge in [0.1, 0.15) is 10.6 Å². The molecule has 3 N–H and O–H groups in total. The molecule has 1 aromatic rings. The first-order chi connectivity index (χ1) is 6.36. The molecular formula is C7H9NO4S2. The van der Waals surface area contributed by atoms with E-state index in [0.29, 0.717) is 5.75 Å². The van der Waals surface area contributed by atoms with Crippen molar-refractivity contribution in [2.75, 3.05) is 12.8 Å². The molecule has 14 heavy (non-hydrogen) atoms. The third-order valence-corrected chi connectivity index (χ3v) is 2.85. The molecule has 0 spiro atoms. The average molecular weight is 235 g/mol. The fourth-order valence-corrected chi connectivity index (χ4v) is 1.95. The zero-order valence-electron chi connectivity index (χ0n) is 7.26. The Balaban J connectivity index is 3.44. The number of ether oxygens (including phenoxy) is 1. The van der Waals surface area contributed by atoms with Crippen molar-refractivity contribution in [3.05, 3.63) is 12.1 Å². The number of benzene rings is 1. The van der Waals surface area contributed by atoms with Crippen LogP contribution in [0.25, 0.3) is 0 Å². The van der Waals surface area contributed by atoms with Crippen LogP contribution in [0.3, 0.4) is 0 Å². The molecule has 0 fully saturated rings. The van der Waals surface area contributed by atoms with Crippen LogP contribution in [-0.2, 0) is 10.1 Å². The van der Waals surface area contributed by atoms with Gasteiger partial charge in [-0.25, -0.2) is 0 Å². The number of anilines is 1. The van der Waals surface area contributed by atoms with E-state index in [2.05, 4.69) is 12.6 Å². The third-order valence-electron chi connectivity index (χ3n) is 1.59. The van der Waals surface area contributed by atoms with Crippen LogP contribution < -0.4 is 10.5 Å². The number of hydrogen-bond donors (Lipinski definition) is 3. The van der Waals surface area contributed by atoms with Gasteiger partial charge in [-0.15, -0.1) is 12.6 Å².